The molecule has 2 rings (SSSR count). The predicted molar refractivity (Wildman–Crippen MR) is 77.2 cm³/mol. The molecule has 0 atom stereocenters. The molecule has 1 aliphatic carbocycles. The van der Waals surface area contributed by atoms with Crippen LogP contribution < -0.4 is 22.2 Å². The van der Waals surface area contributed by atoms with Gasteiger partial charge in [-0.15, -0.1) is 0 Å². The molecule has 0 bridgehead atoms. The Morgan fingerprint density at radius 3 is 2.61 bits per heavy atom. The summed E-state index contributed by atoms with van der Waals surface area (Å²) in [5, 5.41) is 4.95. The van der Waals surface area contributed by atoms with E-state index in [1.807, 2.05) is 6.07 Å². The first-order valence-electron chi connectivity index (χ1n) is 6.25. The van der Waals surface area contributed by atoms with Crippen LogP contribution in [0.4, 0.5) is 5.69 Å². The maximum Gasteiger partial charge on any atom is 0.129 e. The third-order valence-electron chi connectivity index (χ3n) is 3.34. The molecule has 0 heterocycles. The average molecular weight is 242 g/mol. The van der Waals surface area contributed by atoms with Crippen LogP contribution in [0.25, 0.3) is 0 Å². The fraction of sp³-hybridized carbons (Fsp3) is 0.462. The second-order valence-corrected chi connectivity index (χ2v) is 5.14. The van der Waals surface area contributed by atoms with E-state index < -0.39 is 0 Å². The summed E-state index contributed by atoms with van der Waals surface area (Å²) < 4.78 is 0. The molecule has 0 unspecified atom stereocenters. The number of nitrogens with zero attached hydrogens (tertiary/aromatic N) is 2. The Morgan fingerprint density at radius 1 is 1.44 bits per heavy atom. The number of nitrogens with two attached hydrogens (primary N) is 2. The monoisotopic (exact) mass is 242 g/mol. The van der Waals surface area contributed by atoms with Gasteiger partial charge in [-0.05, 0) is 36.3 Å². The minimum atomic E-state index is 0.361. The lowest BCUT2D eigenvalue weighted by atomic mass is 9.83. The van der Waals surface area contributed by atoms with Crippen molar-refractivity contribution in [1.29, 1.82) is 0 Å². The Hall–Kier alpha value is -1.49. The van der Waals surface area contributed by atoms with Crippen LogP contribution >= 0.6 is 0 Å². The highest BCUT2D eigenvalue weighted by molar-refractivity contribution is 6.33. The van der Waals surface area contributed by atoms with Crippen molar-refractivity contribution in [3.63, 3.8) is 0 Å². The lowest BCUT2D eigenvalue weighted by Crippen LogP contribution is -2.31. The maximum atomic E-state index is 6.11. The molecular formula is C13H19BN4. The molecule has 1 saturated carbocycles. The zero-order valence-electron chi connectivity index (χ0n) is 10.9. The highest BCUT2D eigenvalue weighted by Crippen LogP contribution is 2.44. The van der Waals surface area contributed by atoms with Gasteiger partial charge in [0.1, 0.15) is 14.2 Å². The van der Waals surface area contributed by atoms with E-state index in [0.29, 0.717) is 11.8 Å². The molecule has 0 aliphatic heterocycles. The molecule has 0 amide bonds. The molecule has 1 aromatic rings. The Morgan fingerprint density at radius 2 is 2.11 bits per heavy atom. The number of hydrogen-bond donors (Lipinski definition) is 2. The lowest BCUT2D eigenvalue weighted by molar-refractivity contribution is 0.870. The minimum absolute atomic E-state index is 0.361. The highest BCUT2D eigenvalue weighted by Gasteiger charge is 2.28. The largest absolute Gasteiger partial charge is 0.322 e. The zero-order valence-corrected chi connectivity index (χ0v) is 10.9. The number of benzene rings is 1. The van der Waals surface area contributed by atoms with Gasteiger partial charge in [-0.25, -0.2) is 5.84 Å². The SMILES string of the molecule is [B]c1cc(C2CC2)c(N(N)/C=N\N)cc1C(C)C. The molecule has 1 aromatic carbocycles. The Bertz CT molecular complexity index is 466. The van der Waals surface area contributed by atoms with Gasteiger partial charge in [-0.1, -0.05) is 30.9 Å². The van der Waals surface area contributed by atoms with Crippen LogP contribution in [0, 0.1) is 0 Å². The van der Waals surface area contributed by atoms with Crippen LogP contribution in [0.2, 0.25) is 0 Å². The topological polar surface area (TPSA) is 67.6 Å². The van der Waals surface area contributed by atoms with Gasteiger partial charge >= 0.3 is 0 Å². The lowest BCUT2D eigenvalue weighted by Gasteiger charge is -2.21. The summed E-state index contributed by atoms with van der Waals surface area (Å²) in [4.78, 5) is 0. The molecule has 0 spiro atoms. The summed E-state index contributed by atoms with van der Waals surface area (Å²) in [5.41, 5.74) is 4.09. The fourth-order valence-electron chi connectivity index (χ4n) is 2.22. The van der Waals surface area contributed by atoms with Gasteiger partial charge in [0.25, 0.3) is 0 Å². The van der Waals surface area contributed by atoms with E-state index >= 15 is 0 Å². The number of hydrogen-bond acceptors (Lipinski definition) is 3. The van der Waals surface area contributed by atoms with Crippen LogP contribution in [0.15, 0.2) is 17.2 Å². The molecule has 1 aliphatic rings. The summed E-state index contributed by atoms with van der Waals surface area (Å²) in [6, 6.07) is 4.10. The Kier molecular flexibility index (Phi) is 3.61. The van der Waals surface area contributed by atoms with Gasteiger partial charge in [0.05, 0.1) is 5.69 Å². The van der Waals surface area contributed by atoms with Gasteiger partial charge in [0, 0.05) is 0 Å². The van der Waals surface area contributed by atoms with E-state index in [9.17, 15) is 0 Å². The molecule has 0 aromatic heterocycles. The summed E-state index contributed by atoms with van der Waals surface area (Å²) in [6.45, 7) is 4.23. The normalized spacial score (nSPS) is 15.6. The molecular weight excluding hydrogens is 223 g/mol. The van der Waals surface area contributed by atoms with E-state index in [1.54, 1.807) is 0 Å². The van der Waals surface area contributed by atoms with Crippen molar-refractivity contribution in [2.45, 2.75) is 38.5 Å². The van der Waals surface area contributed by atoms with Crippen molar-refractivity contribution in [3.8, 4) is 0 Å². The molecule has 4 N–H and O–H groups in total. The summed E-state index contributed by atoms with van der Waals surface area (Å²) in [5.74, 6) is 12.0. The second kappa shape index (κ2) is 5.02. The van der Waals surface area contributed by atoms with E-state index in [1.165, 1.54) is 29.8 Å². The minimum Gasteiger partial charge on any atom is -0.322 e. The highest BCUT2D eigenvalue weighted by atomic mass is 15.4. The maximum absolute atomic E-state index is 6.11. The summed E-state index contributed by atoms with van der Waals surface area (Å²) >= 11 is 0. The quantitative estimate of drug-likeness (QED) is 0.273. The standard InChI is InChI=1S/C13H19BN4/c1-8(2)10-6-13(18(16)7-17-15)11(5-12(10)14)9-3-4-9/h5-9H,3-4,15-16H2,1-2H3/b17-7-. The van der Waals surface area contributed by atoms with E-state index in [2.05, 4.69) is 25.0 Å². The molecule has 18 heavy (non-hydrogen) atoms. The van der Waals surface area contributed by atoms with Crippen LogP contribution in [0.1, 0.15) is 49.7 Å². The molecule has 4 nitrogen and oxygen atoms in total. The molecule has 1 fully saturated rings. The van der Waals surface area contributed by atoms with Crippen LogP contribution in [-0.4, -0.2) is 14.2 Å². The Labute approximate surface area is 109 Å². The van der Waals surface area contributed by atoms with Gasteiger partial charge in [-0.3, -0.25) is 5.01 Å². The smallest absolute Gasteiger partial charge is 0.129 e. The van der Waals surface area contributed by atoms with Crippen LogP contribution in [0.5, 0.6) is 0 Å². The van der Waals surface area contributed by atoms with Gasteiger partial charge < -0.3 is 5.84 Å². The van der Waals surface area contributed by atoms with E-state index in [4.69, 9.17) is 19.5 Å². The van der Waals surface area contributed by atoms with Gasteiger partial charge in [0.15, 0.2) is 0 Å². The van der Waals surface area contributed by atoms with Crippen LogP contribution in [0.3, 0.4) is 0 Å². The Balaban J connectivity index is 2.49. The molecule has 0 saturated heterocycles. The van der Waals surface area contributed by atoms with Crippen molar-refractivity contribution in [2.24, 2.45) is 16.8 Å². The van der Waals surface area contributed by atoms with E-state index in [0.717, 1.165) is 16.7 Å². The molecule has 5 heteroatoms. The second-order valence-electron chi connectivity index (χ2n) is 5.14. The number of hydrazine groups is 1. The fourth-order valence-corrected chi connectivity index (χ4v) is 2.22. The van der Waals surface area contributed by atoms with Crippen molar-refractivity contribution in [3.05, 3.63) is 23.3 Å². The van der Waals surface area contributed by atoms with Crippen molar-refractivity contribution in [2.75, 3.05) is 5.01 Å². The van der Waals surface area contributed by atoms with Crippen molar-refractivity contribution >= 4 is 25.3 Å². The van der Waals surface area contributed by atoms with Crippen molar-refractivity contribution < 1.29 is 0 Å². The average Bonchev–Trinajstić information content (AvgIpc) is 3.12. The molecule has 94 valence electrons. The first-order chi connectivity index (χ1) is 8.54. The first kappa shape index (κ1) is 13.0. The van der Waals surface area contributed by atoms with Crippen molar-refractivity contribution in [1.82, 2.24) is 0 Å². The predicted octanol–water partition coefficient (Wildman–Crippen LogP) is 1.06. The third kappa shape index (κ3) is 2.51. The first-order valence-corrected chi connectivity index (χ1v) is 6.25. The summed E-state index contributed by atoms with van der Waals surface area (Å²) in [6.07, 6.45) is 3.81. The molecule has 2 radical (unpaired) electrons. The number of anilines is 1. The van der Waals surface area contributed by atoms with E-state index in [-0.39, 0.29) is 0 Å². The van der Waals surface area contributed by atoms with Crippen LogP contribution in [-0.2, 0) is 0 Å². The summed E-state index contributed by atoms with van der Waals surface area (Å²) in [7, 11) is 6.11. The third-order valence-corrected chi connectivity index (χ3v) is 3.34. The number of rotatable bonds is 4. The van der Waals surface area contributed by atoms with Gasteiger partial charge in [-0.2, -0.15) is 5.10 Å². The zero-order chi connectivity index (χ0) is 13.3. The van der Waals surface area contributed by atoms with Gasteiger partial charge in [0.2, 0.25) is 0 Å². The number of hydrazone groups is 1.